The van der Waals surface area contributed by atoms with Crippen molar-refractivity contribution in [2.24, 2.45) is 0 Å². The fourth-order valence-corrected chi connectivity index (χ4v) is 3.01. The Hall–Kier alpha value is -2.41. The molecule has 1 aliphatic rings. The second kappa shape index (κ2) is 10.5. The van der Waals surface area contributed by atoms with E-state index in [1.54, 1.807) is 7.11 Å². The van der Waals surface area contributed by atoms with Gasteiger partial charge in [0.1, 0.15) is 11.6 Å². The molecule has 1 aliphatic heterocycles. The van der Waals surface area contributed by atoms with E-state index in [9.17, 15) is 0 Å². The molecule has 2 aromatic rings. The monoisotopic (exact) mass is 346 g/mol. The Morgan fingerprint density at radius 1 is 1.24 bits per heavy atom. The number of hydrogen-bond donors (Lipinski definition) is 2. The minimum Gasteiger partial charge on any atom is -0.496 e. The third-order valence-corrected chi connectivity index (χ3v) is 4.19. The van der Waals surface area contributed by atoms with Crippen molar-refractivity contribution >= 4 is 6.47 Å². The number of carboxylic acid groups (broad SMARTS) is 1. The number of methoxy groups -OCH3 is 1. The van der Waals surface area contributed by atoms with Crippen LogP contribution in [0.2, 0.25) is 0 Å². The van der Waals surface area contributed by atoms with Crippen LogP contribution in [0.1, 0.15) is 42.9 Å². The highest BCUT2D eigenvalue weighted by Crippen LogP contribution is 2.19. The Morgan fingerprint density at radius 2 is 1.92 bits per heavy atom. The Bertz CT molecular complexity index is 637. The number of hydrogen-bond acceptors (Lipinski definition) is 5. The summed E-state index contributed by atoms with van der Waals surface area (Å²) in [6.45, 7) is 2.93. The first-order valence-corrected chi connectivity index (χ1v) is 8.59. The number of nitrogens with one attached hydrogen (secondary N) is 1. The lowest BCUT2D eigenvalue weighted by Crippen LogP contribution is -2.24. The highest BCUT2D eigenvalue weighted by atomic mass is 16.5. The average Bonchev–Trinajstić information content (AvgIpc) is 2.89. The van der Waals surface area contributed by atoms with E-state index in [1.807, 2.05) is 18.2 Å². The molecule has 1 saturated heterocycles. The van der Waals surface area contributed by atoms with Crippen molar-refractivity contribution in [1.29, 1.82) is 0 Å². The van der Waals surface area contributed by atoms with Crippen LogP contribution in [0.25, 0.3) is 0 Å². The zero-order valence-electron chi connectivity index (χ0n) is 14.6. The highest BCUT2D eigenvalue weighted by molar-refractivity contribution is 5.35. The number of likely N-dealkylation sites (tertiary alicyclic amines) is 1. The normalized spacial score (nSPS) is 14.9. The van der Waals surface area contributed by atoms with Gasteiger partial charge in [0.25, 0.3) is 6.47 Å². The van der Waals surface area contributed by atoms with Gasteiger partial charge in [0, 0.05) is 12.0 Å². The number of H-pyrrole nitrogens is 1. The van der Waals surface area contributed by atoms with Crippen LogP contribution in [0.4, 0.5) is 0 Å². The zero-order chi connectivity index (χ0) is 17.9. The molecule has 0 unspecified atom stereocenters. The van der Waals surface area contributed by atoms with Crippen molar-refractivity contribution < 1.29 is 14.6 Å². The minimum absolute atomic E-state index is 0.250. The molecule has 0 aliphatic carbocycles. The lowest BCUT2D eigenvalue weighted by Gasteiger charge is -2.17. The molecule has 0 amide bonds. The fraction of sp³-hybridized carbons (Fsp3) is 0.500. The molecule has 0 saturated carbocycles. The largest absolute Gasteiger partial charge is 0.496 e. The van der Waals surface area contributed by atoms with Crippen LogP contribution in [0, 0.1) is 0 Å². The molecule has 7 nitrogen and oxygen atoms in total. The van der Waals surface area contributed by atoms with Gasteiger partial charge in [0.05, 0.1) is 13.7 Å². The van der Waals surface area contributed by atoms with E-state index in [4.69, 9.17) is 14.6 Å². The number of aromatic nitrogens is 3. The topological polar surface area (TPSA) is 91.3 Å². The third kappa shape index (κ3) is 6.19. The highest BCUT2D eigenvalue weighted by Gasteiger charge is 2.13. The van der Waals surface area contributed by atoms with Gasteiger partial charge in [0.15, 0.2) is 5.82 Å². The molecule has 2 heterocycles. The maximum absolute atomic E-state index is 8.36. The molecule has 0 bridgehead atoms. The molecule has 1 aromatic carbocycles. The van der Waals surface area contributed by atoms with Gasteiger partial charge in [-0.05, 0) is 32.0 Å². The summed E-state index contributed by atoms with van der Waals surface area (Å²) in [5.41, 5.74) is 1.13. The van der Waals surface area contributed by atoms with Gasteiger partial charge in [-0.2, -0.15) is 5.10 Å². The van der Waals surface area contributed by atoms with Gasteiger partial charge >= 0.3 is 0 Å². The summed E-state index contributed by atoms with van der Waals surface area (Å²) in [7, 11) is 1.70. The quantitative estimate of drug-likeness (QED) is 0.808. The smallest absolute Gasteiger partial charge is 0.290 e. The predicted molar refractivity (Wildman–Crippen MR) is 94.6 cm³/mol. The average molecular weight is 346 g/mol. The van der Waals surface area contributed by atoms with Crippen LogP contribution < -0.4 is 4.74 Å². The molecule has 2 N–H and O–H groups in total. The van der Waals surface area contributed by atoms with E-state index in [-0.39, 0.29) is 6.47 Å². The summed E-state index contributed by atoms with van der Waals surface area (Å²) in [5, 5.41) is 14.3. The lowest BCUT2D eigenvalue weighted by molar-refractivity contribution is -0.122. The number of nitrogens with zero attached hydrogens (tertiary/aromatic N) is 3. The van der Waals surface area contributed by atoms with Crippen molar-refractivity contribution in [3.05, 3.63) is 41.5 Å². The molecule has 0 spiro atoms. The van der Waals surface area contributed by atoms with Crippen LogP contribution in [0.3, 0.4) is 0 Å². The van der Waals surface area contributed by atoms with Crippen LogP contribution in [-0.4, -0.2) is 51.9 Å². The van der Waals surface area contributed by atoms with Gasteiger partial charge in [-0.25, -0.2) is 4.98 Å². The molecule has 25 heavy (non-hydrogen) atoms. The number of para-hydroxylation sites is 1. The molecular formula is C18H26N4O3. The summed E-state index contributed by atoms with van der Waals surface area (Å²) < 4.78 is 5.39. The molecule has 7 heteroatoms. The first-order valence-electron chi connectivity index (χ1n) is 8.59. The summed E-state index contributed by atoms with van der Waals surface area (Å²) >= 11 is 0. The number of aromatic amines is 1. The first kappa shape index (κ1) is 18.9. The zero-order valence-corrected chi connectivity index (χ0v) is 14.6. The maximum Gasteiger partial charge on any atom is 0.290 e. The summed E-state index contributed by atoms with van der Waals surface area (Å²) in [4.78, 5) is 15.5. The van der Waals surface area contributed by atoms with Crippen molar-refractivity contribution in [2.45, 2.75) is 38.6 Å². The van der Waals surface area contributed by atoms with Gasteiger partial charge < -0.3 is 9.84 Å². The van der Waals surface area contributed by atoms with Crippen molar-refractivity contribution in [1.82, 2.24) is 20.1 Å². The molecule has 0 radical (unpaired) electrons. The summed E-state index contributed by atoms with van der Waals surface area (Å²) in [6.07, 6.45) is 6.00. The van der Waals surface area contributed by atoms with Crippen LogP contribution in [-0.2, 0) is 17.8 Å². The van der Waals surface area contributed by atoms with Gasteiger partial charge in [0.2, 0.25) is 0 Å². The standard InChI is InChI=1S/C17H24N4O.CH2O2/c1-22-15-9-5-4-8-14(15)12-16-18-17(20-19-16)13-21-10-6-2-3-7-11-21;2-1-3/h4-5,8-9H,2-3,6-7,10-13H2,1H3,(H,18,19,20);1H,(H,2,3). The van der Waals surface area contributed by atoms with Gasteiger partial charge in [-0.1, -0.05) is 31.0 Å². The van der Waals surface area contributed by atoms with E-state index in [0.29, 0.717) is 0 Å². The van der Waals surface area contributed by atoms with Crippen molar-refractivity contribution in [2.75, 3.05) is 20.2 Å². The molecule has 3 rings (SSSR count). The van der Waals surface area contributed by atoms with E-state index in [1.165, 1.54) is 25.7 Å². The molecule has 1 aromatic heterocycles. The molecule has 0 atom stereocenters. The Balaban J connectivity index is 0.000000701. The SMILES string of the molecule is COc1ccccc1Cc1nc(CN2CCCCCC2)n[nH]1.O=CO. The van der Waals surface area contributed by atoms with E-state index in [2.05, 4.69) is 26.1 Å². The Kier molecular flexibility index (Phi) is 7.91. The Morgan fingerprint density at radius 3 is 2.60 bits per heavy atom. The van der Waals surface area contributed by atoms with Crippen LogP contribution in [0.15, 0.2) is 24.3 Å². The van der Waals surface area contributed by atoms with Crippen LogP contribution >= 0.6 is 0 Å². The first-order chi connectivity index (χ1) is 12.3. The minimum atomic E-state index is -0.250. The number of benzene rings is 1. The van der Waals surface area contributed by atoms with Crippen molar-refractivity contribution in [3.63, 3.8) is 0 Å². The van der Waals surface area contributed by atoms with Gasteiger partial charge in [-0.3, -0.25) is 14.8 Å². The van der Waals surface area contributed by atoms with E-state index >= 15 is 0 Å². The summed E-state index contributed by atoms with van der Waals surface area (Å²) in [6, 6.07) is 8.04. The molecule has 136 valence electrons. The Labute approximate surface area is 148 Å². The van der Waals surface area contributed by atoms with Crippen molar-refractivity contribution in [3.8, 4) is 5.75 Å². The second-order valence-electron chi connectivity index (χ2n) is 5.98. The number of ether oxygens (including phenoxy) is 1. The van der Waals surface area contributed by atoms with E-state index < -0.39 is 0 Å². The molecule has 1 fully saturated rings. The molecular weight excluding hydrogens is 320 g/mol. The number of rotatable bonds is 5. The summed E-state index contributed by atoms with van der Waals surface area (Å²) in [5.74, 6) is 2.69. The maximum atomic E-state index is 8.36. The van der Waals surface area contributed by atoms with Crippen LogP contribution in [0.5, 0.6) is 5.75 Å². The van der Waals surface area contributed by atoms with E-state index in [0.717, 1.165) is 49.0 Å². The lowest BCUT2D eigenvalue weighted by atomic mass is 10.1. The predicted octanol–water partition coefficient (Wildman–Crippen LogP) is 2.48. The second-order valence-corrected chi connectivity index (χ2v) is 5.98. The number of carbonyl (C=O) groups is 1. The fourth-order valence-electron chi connectivity index (χ4n) is 3.01. The van der Waals surface area contributed by atoms with Gasteiger partial charge in [-0.15, -0.1) is 0 Å². The third-order valence-electron chi connectivity index (χ3n) is 4.19.